The van der Waals surface area contributed by atoms with Gasteiger partial charge in [0.15, 0.2) is 5.13 Å². The topological polar surface area (TPSA) is 66.9 Å². The van der Waals surface area contributed by atoms with Gasteiger partial charge in [0, 0.05) is 17.6 Å². The maximum atomic E-state index is 12.3. The highest BCUT2D eigenvalue weighted by molar-refractivity contribution is 7.16. The van der Waals surface area contributed by atoms with Crippen LogP contribution in [0.15, 0.2) is 18.3 Å². The summed E-state index contributed by atoms with van der Waals surface area (Å²) in [5.74, 6) is 0.443. The maximum absolute atomic E-state index is 12.3. The lowest BCUT2D eigenvalue weighted by Crippen LogP contribution is -2.15. The number of hydrogen-bond acceptors (Lipinski definition) is 5. The van der Waals surface area contributed by atoms with E-state index in [0.717, 1.165) is 25.1 Å². The van der Waals surface area contributed by atoms with E-state index in [1.807, 2.05) is 6.92 Å². The monoisotopic (exact) mass is 288 g/mol. The Labute approximate surface area is 121 Å². The van der Waals surface area contributed by atoms with Crippen molar-refractivity contribution in [2.75, 3.05) is 17.2 Å². The zero-order valence-corrected chi connectivity index (χ0v) is 12.1. The molecule has 0 saturated carbocycles. The van der Waals surface area contributed by atoms with Gasteiger partial charge in [0.25, 0.3) is 5.91 Å². The van der Waals surface area contributed by atoms with Gasteiger partial charge in [0.1, 0.15) is 5.82 Å². The molecule has 104 valence electrons. The standard InChI is InChI=1S/C14H16N4OS/c1-2-15-12-9(5-4-8-16-12)13(19)18-14-17-10-6-3-7-11(10)20-14/h4-5,8H,2-3,6-7H2,1H3,(H,15,16)(H,17,18,19). The fourth-order valence-electron chi connectivity index (χ4n) is 2.31. The fraction of sp³-hybridized carbons (Fsp3) is 0.357. The van der Waals surface area contributed by atoms with Gasteiger partial charge >= 0.3 is 0 Å². The predicted molar refractivity (Wildman–Crippen MR) is 80.5 cm³/mol. The number of aryl methyl sites for hydroxylation is 2. The van der Waals surface area contributed by atoms with Gasteiger partial charge in [0.2, 0.25) is 0 Å². The number of fused-ring (bicyclic) bond motifs is 1. The molecule has 5 nitrogen and oxygen atoms in total. The number of rotatable bonds is 4. The number of amides is 1. The number of nitrogens with one attached hydrogen (secondary N) is 2. The Bertz CT molecular complexity index is 616. The van der Waals surface area contributed by atoms with Crippen molar-refractivity contribution in [3.8, 4) is 0 Å². The van der Waals surface area contributed by atoms with E-state index in [4.69, 9.17) is 0 Å². The van der Waals surface area contributed by atoms with Crippen molar-refractivity contribution in [1.82, 2.24) is 9.97 Å². The summed E-state index contributed by atoms with van der Waals surface area (Å²) in [7, 11) is 0. The van der Waals surface area contributed by atoms with Crippen LogP contribution in [0.2, 0.25) is 0 Å². The third-order valence-corrected chi connectivity index (χ3v) is 4.29. The Hall–Kier alpha value is -1.95. The summed E-state index contributed by atoms with van der Waals surface area (Å²) >= 11 is 1.58. The Balaban J connectivity index is 1.78. The molecule has 2 N–H and O–H groups in total. The highest BCUT2D eigenvalue weighted by Crippen LogP contribution is 2.30. The summed E-state index contributed by atoms with van der Waals surface area (Å²) in [4.78, 5) is 22.3. The molecule has 20 heavy (non-hydrogen) atoms. The Kier molecular flexibility index (Phi) is 3.64. The lowest BCUT2D eigenvalue weighted by Gasteiger charge is -2.08. The number of carbonyl (C=O) groups excluding carboxylic acids is 1. The van der Waals surface area contributed by atoms with E-state index < -0.39 is 0 Å². The van der Waals surface area contributed by atoms with Crippen molar-refractivity contribution in [3.05, 3.63) is 34.5 Å². The van der Waals surface area contributed by atoms with Crippen molar-refractivity contribution in [1.29, 1.82) is 0 Å². The molecule has 0 saturated heterocycles. The molecule has 0 unspecified atom stereocenters. The molecule has 3 rings (SSSR count). The van der Waals surface area contributed by atoms with Crippen molar-refractivity contribution in [2.24, 2.45) is 0 Å². The Morgan fingerprint density at radius 1 is 1.45 bits per heavy atom. The summed E-state index contributed by atoms with van der Waals surface area (Å²) < 4.78 is 0. The minimum Gasteiger partial charge on any atom is -0.370 e. The largest absolute Gasteiger partial charge is 0.370 e. The maximum Gasteiger partial charge on any atom is 0.261 e. The molecular weight excluding hydrogens is 272 g/mol. The predicted octanol–water partition coefficient (Wildman–Crippen LogP) is 2.71. The molecule has 0 spiro atoms. The summed E-state index contributed by atoms with van der Waals surface area (Å²) in [6, 6.07) is 3.53. The minimum atomic E-state index is -0.165. The van der Waals surface area contributed by atoms with Gasteiger partial charge in [-0.3, -0.25) is 10.1 Å². The average Bonchev–Trinajstić information content (AvgIpc) is 3.00. The number of aromatic nitrogens is 2. The Morgan fingerprint density at radius 2 is 2.35 bits per heavy atom. The second-order valence-electron chi connectivity index (χ2n) is 4.63. The van der Waals surface area contributed by atoms with Crippen molar-refractivity contribution in [2.45, 2.75) is 26.2 Å². The summed E-state index contributed by atoms with van der Waals surface area (Å²) in [5, 5.41) is 6.65. The first kappa shape index (κ1) is 13.1. The lowest BCUT2D eigenvalue weighted by molar-refractivity contribution is 0.102. The zero-order chi connectivity index (χ0) is 13.9. The third kappa shape index (κ3) is 2.51. The van der Waals surface area contributed by atoms with E-state index in [-0.39, 0.29) is 5.91 Å². The van der Waals surface area contributed by atoms with Crippen LogP contribution in [0.3, 0.4) is 0 Å². The van der Waals surface area contributed by atoms with E-state index in [1.54, 1.807) is 29.7 Å². The van der Waals surface area contributed by atoms with Crippen LogP contribution < -0.4 is 10.6 Å². The van der Waals surface area contributed by atoms with Crippen molar-refractivity contribution in [3.63, 3.8) is 0 Å². The Morgan fingerprint density at radius 3 is 3.15 bits per heavy atom. The first-order chi connectivity index (χ1) is 9.78. The molecule has 2 aromatic rings. The number of carbonyl (C=O) groups is 1. The number of hydrogen-bond donors (Lipinski definition) is 2. The molecule has 1 aliphatic carbocycles. The third-order valence-electron chi connectivity index (χ3n) is 3.21. The molecule has 6 heteroatoms. The van der Waals surface area contributed by atoms with Gasteiger partial charge in [-0.2, -0.15) is 0 Å². The molecule has 1 amide bonds. The molecule has 0 atom stereocenters. The number of anilines is 2. The molecule has 2 aromatic heterocycles. The van der Waals surface area contributed by atoms with Gasteiger partial charge in [-0.15, -0.1) is 11.3 Å². The van der Waals surface area contributed by atoms with Crippen LogP contribution in [0, 0.1) is 0 Å². The van der Waals surface area contributed by atoms with E-state index in [9.17, 15) is 4.79 Å². The van der Waals surface area contributed by atoms with Crippen LogP contribution in [0.25, 0.3) is 0 Å². The first-order valence-corrected chi connectivity index (χ1v) is 7.58. The van der Waals surface area contributed by atoms with Crippen LogP contribution in [-0.4, -0.2) is 22.4 Å². The molecule has 2 heterocycles. The van der Waals surface area contributed by atoms with Crippen molar-refractivity contribution >= 4 is 28.2 Å². The highest BCUT2D eigenvalue weighted by Gasteiger charge is 2.19. The second kappa shape index (κ2) is 5.58. The summed E-state index contributed by atoms with van der Waals surface area (Å²) in [6.07, 6.45) is 4.96. The first-order valence-electron chi connectivity index (χ1n) is 6.76. The second-order valence-corrected chi connectivity index (χ2v) is 5.71. The van der Waals surface area contributed by atoms with Crippen LogP contribution in [0.4, 0.5) is 10.9 Å². The van der Waals surface area contributed by atoms with E-state index in [1.165, 1.54) is 11.3 Å². The van der Waals surface area contributed by atoms with E-state index >= 15 is 0 Å². The average molecular weight is 288 g/mol. The molecule has 0 fully saturated rings. The van der Waals surface area contributed by atoms with Crippen LogP contribution in [0.1, 0.15) is 34.3 Å². The molecule has 0 radical (unpaired) electrons. The van der Waals surface area contributed by atoms with Gasteiger partial charge in [-0.25, -0.2) is 9.97 Å². The zero-order valence-electron chi connectivity index (χ0n) is 11.3. The van der Waals surface area contributed by atoms with Crippen molar-refractivity contribution < 1.29 is 4.79 Å². The smallest absolute Gasteiger partial charge is 0.261 e. The van der Waals surface area contributed by atoms with Crippen LogP contribution in [-0.2, 0) is 12.8 Å². The fourth-order valence-corrected chi connectivity index (χ4v) is 3.35. The number of nitrogens with zero attached hydrogens (tertiary/aromatic N) is 2. The van der Waals surface area contributed by atoms with Gasteiger partial charge < -0.3 is 5.32 Å². The number of thiazole rings is 1. The SMILES string of the molecule is CCNc1ncccc1C(=O)Nc1nc2c(s1)CCC2. The number of pyridine rings is 1. The molecule has 0 aromatic carbocycles. The molecule has 0 bridgehead atoms. The quantitative estimate of drug-likeness (QED) is 0.907. The molecular formula is C14H16N4OS. The van der Waals surface area contributed by atoms with Gasteiger partial charge in [-0.05, 0) is 38.3 Å². The molecule has 1 aliphatic rings. The minimum absolute atomic E-state index is 0.165. The lowest BCUT2D eigenvalue weighted by atomic mass is 10.2. The van der Waals surface area contributed by atoms with Crippen LogP contribution >= 0.6 is 11.3 Å². The normalized spacial score (nSPS) is 13.1. The summed E-state index contributed by atoms with van der Waals surface area (Å²) in [6.45, 7) is 2.70. The van der Waals surface area contributed by atoms with E-state index in [0.29, 0.717) is 16.5 Å². The van der Waals surface area contributed by atoms with Gasteiger partial charge in [-0.1, -0.05) is 0 Å². The van der Waals surface area contributed by atoms with E-state index in [2.05, 4.69) is 20.6 Å². The molecule has 0 aliphatic heterocycles. The highest BCUT2D eigenvalue weighted by atomic mass is 32.1. The van der Waals surface area contributed by atoms with Crippen LogP contribution in [0.5, 0.6) is 0 Å². The van der Waals surface area contributed by atoms with Gasteiger partial charge in [0.05, 0.1) is 11.3 Å². The summed E-state index contributed by atoms with van der Waals surface area (Å²) in [5.41, 5.74) is 1.69.